The second kappa shape index (κ2) is 5.40. The van der Waals surface area contributed by atoms with Gasteiger partial charge < -0.3 is 4.74 Å². The monoisotopic (exact) mass is 300 g/mol. The molecular formula is C13H17FN2O3S. The van der Waals surface area contributed by atoms with Crippen molar-refractivity contribution >= 4 is 9.84 Å². The van der Waals surface area contributed by atoms with Gasteiger partial charge in [0.15, 0.2) is 9.84 Å². The highest BCUT2D eigenvalue weighted by molar-refractivity contribution is 7.91. The number of morpholine rings is 1. The van der Waals surface area contributed by atoms with E-state index in [0.29, 0.717) is 25.2 Å². The Labute approximate surface area is 117 Å². The molecule has 0 spiro atoms. The first-order chi connectivity index (χ1) is 9.56. The Kier molecular flexibility index (Phi) is 3.76. The Morgan fingerprint density at radius 2 is 2.05 bits per heavy atom. The molecule has 1 N–H and O–H groups in total. The molecule has 5 nitrogen and oxygen atoms in total. The molecule has 1 atom stereocenters. The molecule has 1 aromatic carbocycles. The van der Waals surface area contributed by atoms with Crippen molar-refractivity contribution in [2.75, 3.05) is 32.1 Å². The van der Waals surface area contributed by atoms with E-state index >= 15 is 0 Å². The highest BCUT2D eigenvalue weighted by Crippen LogP contribution is 2.32. The summed E-state index contributed by atoms with van der Waals surface area (Å²) >= 11 is 0. The molecule has 0 aromatic heterocycles. The molecule has 0 aliphatic carbocycles. The third-order valence-electron chi connectivity index (χ3n) is 3.71. The van der Waals surface area contributed by atoms with E-state index in [2.05, 4.69) is 5.43 Å². The van der Waals surface area contributed by atoms with Crippen molar-refractivity contribution in [3.05, 3.63) is 29.6 Å². The SMILES string of the molecule is O=S1(=O)CCC(NN2CCOCC2)c2cc(F)ccc21. The smallest absolute Gasteiger partial charge is 0.178 e. The average molecular weight is 300 g/mol. The number of halogens is 1. The molecule has 2 heterocycles. The summed E-state index contributed by atoms with van der Waals surface area (Å²) in [5.41, 5.74) is 3.83. The molecule has 0 amide bonds. The molecule has 0 radical (unpaired) electrons. The standard InChI is InChI=1S/C13H17FN2O3S/c14-10-1-2-13-11(9-10)12(3-8-20(13,17)18)15-16-4-6-19-7-5-16/h1-2,9,12,15H,3-8H2. The summed E-state index contributed by atoms with van der Waals surface area (Å²) in [6.07, 6.45) is 0.455. The zero-order valence-electron chi connectivity index (χ0n) is 11.0. The summed E-state index contributed by atoms with van der Waals surface area (Å²) in [6, 6.07) is 3.73. The van der Waals surface area contributed by atoms with Gasteiger partial charge in [-0.25, -0.2) is 23.2 Å². The van der Waals surface area contributed by atoms with Gasteiger partial charge in [0.1, 0.15) is 5.82 Å². The number of nitrogens with one attached hydrogen (secondary N) is 1. The number of rotatable bonds is 2. The minimum Gasteiger partial charge on any atom is -0.379 e. The molecule has 7 heteroatoms. The van der Waals surface area contributed by atoms with E-state index in [1.54, 1.807) is 0 Å². The molecule has 1 aromatic rings. The molecule has 3 rings (SSSR count). The average Bonchev–Trinajstić information content (AvgIpc) is 2.43. The van der Waals surface area contributed by atoms with Crippen LogP contribution in [0.5, 0.6) is 0 Å². The molecule has 1 unspecified atom stereocenters. The lowest BCUT2D eigenvalue weighted by Gasteiger charge is -2.34. The third-order valence-corrected chi connectivity index (χ3v) is 5.52. The molecule has 2 aliphatic heterocycles. The fourth-order valence-corrected chi connectivity index (χ4v) is 4.26. The Hall–Kier alpha value is -1.02. The second-order valence-corrected chi connectivity index (χ2v) is 7.15. The van der Waals surface area contributed by atoms with E-state index in [1.165, 1.54) is 18.2 Å². The summed E-state index contributed by atoms with van der Waals surface area (Å²) in [5.74, 6) is -0.317. The zero-order chi connectivity index (χ0) is 14.2. The van der Waals surface area contributed by atoms with Crippen LogP contribution >= 0.6 is 0 Å². The van der Waals surface area contributed by atoms with Gasteiger partial charge in [-0.05, 0) is 30.2 Å². The van der Waals surface area contributed by atoms with Gasteiger partial charge in [-0.15, -0.1) is 0 Å². The van der Waals surface area contributed by atoms with Crippen LogP contribution in [0.2, 0.25) is 0 Å². The highest BCUT2D eigenvalue weighted by Gasteiger charge is 2.31. The zero-order valence-corrected chi connectivity index (χ0v) is 11.8. The first-order valence-electron chi connectivity index (χ1n) is 6.67. The molecule has 110 valence electrons. The number of hydrogen-bond donors (Lipinski definition) is 1. The lowest BCUT2D eigenvalue weighted by atomic mass is 10.0. The van der Waals surface area contributed by atoms with Gasteiger partial charge in [0, 0.05) is 19.1 Å². The first kappa shape index (κ1) is 13.9. The van der Waals surface area contributed by atoms with E-state index in [1.807, 2.05) is 5.01 Å². The maximum atomic E-state index is 13.4. The molecule has 0 bridgehead atoms. The highest BCUT2D eigenvalue weighted by atomic mass is 32.2. The van der Waals surface area contributed by atoms with E-state index in [-0.39, 0.29) is 16.7 Å². The van der Waals surface area contributed by atoms with Crippen LogP contribution in [-0.2, 0) is 14.6 Å². The van der Waals surface area contributed by atoms with Crippen LogP contribution in [0.25, 0.3) is 0 Å². The Balaban J connectivity index is 1.88. The van der Waals surface area contributed by atoms with Gasteiger partial charge >= 0.3 is 0 Å². The predicted octanol–water partition coefficient (Wildman–Crippen LogP) is 0.881. The van der Waals surface area contributed by atoms with Crippen LogP contribution in [0.15, 0.2) is 23.1 Å². The number of hydrogen-bond acceptors (Lipinski definition) is 5. The van der Waals surface area contributed by atoms with Gasteiger partial charge in [0.2, 0.25) is 0 Å². The van der Waals surface area contributed by atoms with E-state index < -0.39 is 15.7 Å². The summed E-state index contributed by atoms with van der Waals surface area (Å²) in [5, 5.41) is 2.01. The van der Waals surface area contributed by atoms with Crippen molar-refractivity contribution in [1.82, 2.24) is 10.4 Å². The Morgan fingerprint density at radius 3 is 2.80 bits per heavy atom. The first-order valence-corrected chi connectivity index (χ1v) is 8.32. The summed E-state index contributed by atoms with van der Waals surface area (Å²) < 4.78 is 42.8. The van der Waals surface area contributed by atoms with Crippen LogP contribution in [0.3, 0.4) is 0 Å². The van der Waals surface area contributed by atoms with Gasteiger partial charge in [0.05, 0.1) is 23.9 Å². The van der Waals surface area contributed by atoms with Crippen LogP contribution in [-0.4, -0.2) is 45.5 Å². The van der Waals surface area contributed by atoms with Crippen molar-refractivity contribution in [2.45, 2.75) is 17.4 Å². The third kappa shape index (κ3) is 2.71. The summed E-state index contributed by atoms with van der Waals surface area (Å²) in [6.45, 7) is 2.78. The normalized spacial score (nSPS) is 26.1. The lowest BCUT2D eigenvalue weighted by Crippen LogP contribution is -2.48. The minimum atomic E-state index is -3.28. The van der Waals surface area contributed by atoms with E-state index in [9.17, 15) is 12.8 Å². The Morgan fingerprint density at radius 1 is 1.30 bits per heavy atom. The number of fused-ring (bicyclic) bond motifs is 1. The molecule has 20 heavy (non-hydrogen) atoms. The lowest BCUT2D eigenvalue weighted by molar-refractivity contribution is 0.00261. The van der Waals surface area contributed by atoms with Gasteiger partial charge in [0.25, 0.3) is 0 Å². The fraction of sp³-hybridized carbons (Fsp3) is 0.538. The Bertz CT molecular complexity index is 600. The van der Waals surface area contributed by atoms with Crippen molar-refractivity contribution in [3.63, 3.8) is 0 Å². The van der Waals surface area contributed by atoms with Gasteiger partial charge in [-0.3, -0.25) is 0 Å². The van der Waals surface area contributed by atoms with Crippen molar-refractivity contribution in [3.8, 4) is 0 Å². The molecular weight excluding hydrogens is 283 g/mol. The van der Waals surface area contributed by atoms with Gasteiger partial charge in [-0.1, -0.05) is 0 Å². The van der Waals surface area contributed by atoms with E-state index in [4.69, 9.17) is 4.74 Å². The van der Waals surface area contributed by atoms with Crippen molar-refractivity contribution < 1.29 is 17.5 Å². The van der Waals surface area contributed by atoms with Crippen LogP contribution in [0, 0.1) is 5.82 Å². The quantitative estimate of drug-likeness (QED) is 0.822. The second-order valence-electron chi connectivity index (χ2n) is 5.07. The predicted molar refractivity (Wildman–Crippen MR) is 71.3 cm³/mol. The number of sulfone groups is 1. The van der Waals surface area contributed by atoms with Crippen LogP contribution in [0.4, 0.5) is 4.39 Å². The molecule has 1 saturated heterocycles. The number of benzene rings is 1. The maximum Gasteiger partial charge on any atom is 0.178 e. The molecule has 1 fully saturated rings. The van der Waals surface area contributed by atoms with E-state index in [0.717, 1.165) is 13.1 Å². The summed E-state index contributed by atoms with van der Waals surface area (Å²) in [4.78, 5) is 0.246. The van der Waals surface area contributed by atoms with Crippen LogP contribution < -0.4 is 5.43 Å². The topological polar surface area (TPSA) is 58.6 Å². The maximum absolute atomic E-state index is 13.4. The molecule has 0 saturated carbocycles. The minimum absolute atomic E-state index is 0.0909. The largest absolute Gasteiger partial charge is 0.379 e. The number of hydrazine groups is 1. The van der Waals surface area contributed by atoms with Crippen molar-refractivity contribution in [1.29, 1.82) is 0 Å². The number of ether oxygens (including phenoxy) is 1. The van der Waals surface area contributed by atoms with Gasteiger partial charge in [-0.2, -0.15) is 0 Å². The number of nitrogens with zero attached hydrogens (tertiary/aromatic N) is 1. The molecule has 2 aliphatic rings. The fourth-order valence-electron chi connectivity index (χ4n) is 2.66. The van der Waals surface area contributed by atoms with Crippen molar-refractivity contribution in [2.24, 2.45) is 0 Å². The summed E-state index contributed by atoms with van der Waals surface area (Å²) in [7, 11) is -3.28. The van der Waals surface area contributed by atoms with Crippen LogP contribution in [0.1, 0.15) is 18.0 Å².